The molecular formula is C20H14Cl3N3. The molecule has 0 bridgehead atoms. The summed E-state index contributed by atoms with van der Waals surface area (Å²) in [5.41, 5.74) is 3.85. The summed E-state index contributed by atoms with van der Waals surface area (Å²) in [6.45, 7) is 0. The SMILES string of the molecule is CN(C(=N)Nc1ccc(Cl)c(Cl)c1Cl)c1ccc2c3c(cccc13)C=C2. The van der Waals surface area contributed by atoms with E-state index in [2.05, 4.69) is 35.7 Å². The monoisotopic (exact) mass is 401 g/mol. The van der Waals surface area contributed by atoms with Gasteiger partial charge in [-0.05, 0) is 34.7 Å². The first-order valence-electron chi connectivity index (χ1n) is 7.94. The highest BCUT2D eigenvalue weighted by Crippen LogP contribution is 2.38. The molecule has 0 spiro atoms. The molecule has 0 saturated carbocycles. The number of hydrogen-bond acceptors (Lipinski definition) is 1. The minimum atomic E-state index is 0.178. The number of nitrogens with one attached hydrogen (secondary N) is 2. The van der Waals surface area contributed by atoms with Gasteiger partial charge in [0.1, 0.15) is 0 Å². The maximum absolute atomic E-state index is 8.45. The Morgan fingerprint density at radius 1 is 0.923 bits per heavy atom. The summed E-state index contributed by atoms with van der Waals surface area (Å²) < 4.78 is 0. The summed E-state index contributed by atoms with van der Waals surface area (Å²) in [5, 5.41) is 14.7. The maximum Gasteiger partial charge on any atom is 0.199 e. The Hall–Kier alpha value is -2.20. The highest BCUT2D eigenvalue weighted by atomic mass is 35.5. The Bertz CT molecular complexity index is 1080. The Labute approximate surface area is 166 Å². The lowest BCUT2D eigenvalue weighted by Crippen LogP contribution is -2.32. The van der Waals surface area contributed by atoms with Crippen molar-refractivity contribution in [2.45, 2.75) is 0 Å². The van der Waals surface area contributed by atoms with Crippen LogP contribution in [0.15, 0.2) is 42.5 Å². The summed E-state index contributed by atoms with van der Waals surface area (Å²) in [6, 6.07) is 13.6. The van der Waals surface area contributed by atoms with Crippen LogP contribution in [0, 0.1) is 5.41 Å². The lowest BCUT2D eigenvalue weighted by atomic mass is 10.0. The van der Waals surface area contributed by atoms with Gasteiger partial charge in [-0.15, -0.1) is 0 Å². The maximum atomic E-state index is 8.45. The van der Waals surface area contributed by atoms with Crippen molar-refractivity contribution in [2.75, 3.05) is 17.3 Å². The predicted octanol–water partition coefficient (Wildman–Crippen LogP) is 6.77. The summed E-state index contributed by atoms with van der Waals surface area (Å²) in [7, 11) is 1.84. The van der Waals surface area contributed by atoms with Crippen molar-refractivity contribution in [3.63, 3.8) is 0 Å². The molecule has 0 aliphatic heterocycles. The van der Waals surface area contributed by atoms with Crippen LogP contribution in [-0.4, -0.2) is 13.0 Å². The summed E-state index contributed by atoms with van der Waals surface area (Å²) in [4.78, 5) is 1.78. The van der Waals surface area contributed by atoms with Gasteiger partial charge in [0.2, 0.25) is 0 Å². The third kappa shape index (κ3) is 2.73. The standard InChI is InChI=1S/C20H14Cl3N3/c1-26(20(24)25-15-9-8-14(21)18(22)19(15)23)16-10-7-12-6-5-11-3-2-4-13(16)17(11)12/h2-10H,1H3,(H2,24,25). The second kappa shape index (κ2) is 6.51. The molecule has 3 nitrogen and oxygen atoms in total. The molecule has 0 heterocycles. The number of anilines is 2. The molecule has 130 valence electrons. The van der Waals surface area contributed by atoms with Crippen LogP contribution in [0.3, 0.4) is 0 Å². The third-order valence-electron chi connectivity index (χ3n) is 4.51. The minimum Gasteiger partial charge on any atom is -0.325 e. The van der Waals surface area contributed by atoms with E-state index in [9.17, 15) is 0 Å². The molecule has 6 heteroatoms. The lowest BCUT2D eigenvalue weighted by Gasteiger charge is -2.23. The Morgan fingerprint density at radius 3 is 2.42 bits per heavy atom. The molecule has 26 heavy (non-hydrogen) atoms. The van der Waals surface area contributed by atoms with Gasteiger partial charge in [0.05, 0.1) is 26.4 Å². The van der Waals surface area contributed by atoms with E-state index in [-0.39, 0.29) is 11.0 Å². The summed E-state index contributed by atoms with van der Waals surface area (Å²) >= 11 is 18.3. The molecule has 1 aliphatic rings. The van der Waals surface area contributed by atoms with Gasteiger partial charge in [0.25, 0.3) is 0 Å². The zero-order valence-corrected chi connectivity index (χ0v) is 16.0. The van der Waals surface area contributed by atoms with Gasteiger partial charge in [0.15, 0.2) is 5.96 Å². The average molecular weight is 403 g/mol. The van der Waals surface area contributed by atoms with Crippen LogP contribution in [0.5, 0.6) is 0 Å². The minimum absolute atomic E-state index is 0.178. The molecule has 0 atom stereocenters. The number of hydrogen-bond donors (Lipinski definition) is 2. The fourth-order valence-electron chi connectivity index (χ4n) is 3.15. The van der Waals surface area contributed by atoms with Crippen LogP contribution in [0.25, 0.3) is 22.9 Å². The van der Waals surface area contributed by atoms with Crippen molar-refractivity contribution in [3.05, 3.63) is 68.7 Å². The lowest BCUT2D eigenvalue weighted by molar-refractivity contribution is 1.22. The van der Waals surface area contributed by atoms with E-state index in [1.807, 2.05) is 19.2 Å². The van der Waals surface area contributed by atoms with Gasteiger partial charge in [-0.25, -0.2) is 0 Å². The van der Waals surface area contributed by atoms with Crippen LogP contribution in [0.1, 0.15) is 11.1 Å². The van der Waals surface area contributed by atoms with E-state index >= 15 is 0 Å². The molecular weight excluding hydrogens is 389 g/mol. The van der Waals surface area contributed by atoms with E-state index in [0.717, 1.165) is 11.1 Å². The van der Waals surface area contributed by atoms with Crippen molar-refractivity contribution in [3.8, 4) is 0 Å². The summed E-state index contributed by atoms with van der Waals surface area (Å²) in [5.74, 6) is 0.178. The molecule has 3 aromatic rings. The first-order chi connectivity index (χ1) is 12.5. The average Bonchev–Trinajstić information content (AvgIpc) is 3.07. The Balaban J connectivity index is 1.69. The van der Waals surface area contributed by atoms with Crippen molar-refractivity contribution in [1.82, 2.24) is 0 Å². The molecule has 1 aliphatic carbocycles. The molecule has 0 amide bonds. The number of halogens is 3. The Morgan fingerprint density at radius 2 is 1.65 bits per heavy atom. The van der Waals surface area contributed by atoms with Crippen molar-refractivity contribution < 1.29 is 0 Å². The largest absolute Gasteiger partial charge is 0.325 e. The van der Waals surface area contributed by atoms with Crippen molar-refractivity contribution >= 4 is 75.1 Å². The molecule has 0 radical (unpaired) electrons. The second-order valence-electron chi connectivity index (χ2n) is 6.03. The fourth-order valence-corrected chi connectivity index (χ4v) is 3.73. The van der Waals surface area contributed by atoms with Gasteiger partial charge in [-0.2, -0.15) is 0 Å². The second-order valence-corrected chi connectivity index (χ2v) is 7.20. The van der Waals surface area contributed by atoms with Gasteiger partial charge in [-0.1, -0.05) is 71.2 Å². The van der Waals surface area contributed by atoms with Crippen LogP contribution in [0.4, 0.5) is 11.4 Å². The van der Waals surface area contributed by atoms with E-state index < -0.39 is 0 Å². The van der Waals surface area contributed by atoms with Crippen LogP contribution in [0.2, 0.25) is 15.1 Å². The van der Waals surface area contributed by atoms with Crippen molar-refractivity contribution in [1.29, 1.82) is 5.41 Å². The van der Waals surface area contributed by atoms with E-state index in [4.69, 9.17) is 40.2 Å². The smallest absolute Gasteiger partial charge is 0.199 e. The van der Waals surface area contributed by atoms with Crippen LogP contribution in [-0.2, 0) is 0 Å². The predicted molar refractivity (Wildman–Crippen MR) is 114 cm³/mol. The zero-order chi connectivity index (χ0) is 18.4. The number of nitrogens with zero attached hydrogens (tertiary/aromatic N) is 1. The number of rotatable bonds is 2. The Kier molecular flexibility index (Phi) is 4.31. The highest BCUT2D eigenvalue weighted by molar-refractivity contribution is 6.49. The molecule has 0 saturated heterocycles. The first-order valence-corrected chi connectivity index (χ1v) is 9.07. The van der Waals surface area contributed by atoms with E-state index in [0.29, 0.717) is 15.7 Å². The van der Waals surface area contributed by atoms with Crippen molar-refractivity contribution in [2.24, 2.45) is 0 Å². The van der Waals surface area contributed by atoms with Crippen LogP contribution < -0.4 is 10.2 Å². The van der Waals surface area contributed by atoms with E-state index in [1.165, 1.54) is 16.5 Å². The molecule has 0 unspecified atom stereocenters. The first kappa shape index (κ1) is 17.2. The van der Waals surface area contributed by atoms with Gasteiger partial charge < -0.3 is 10.2 Å². The third-order valence-corrected chi connectivity index (χ3v) is 5.80. The summed E-state index contributed by atoms with van der Waals surface area (Å²) in [6.07, 6.45) is 4.22. The molecule has 0 aromatic heterocycles. The van der Waals surface area contributed by atoms with Gasteiger partial charge in [-0.3, -0.25) is 5.41 Å². The highest BCUT2D eigenvalue weighted by Gasteiger charge is 2.17. The quantitative estimate of drug-likeness (QED) is 0.221. The molecule has 3 aromatic carbocycles. The van der Waals surface area contributed by atoms with Crippen LogP contribution >= 0.6 is 34.8 Å². The number of benzene rings is 3. The fraction of sp³-hybridized carbons (Fsp3) is 0.0500. The van der Waals surface area contributed by atoms with Gasteiger partial charge in [0, 0.05) is 12.4 Å². The molecule has 4 rings (SSSR count). The number of guanidine groups is 1. The van der Waals surface area contributed by atoms with Gasteiger partial charge >= 0.3 is 0 Å². The topological polar surface area (TPSA) is 39.1 Å². The van der Waals surface area contributed by atoms with E-state index in [1.54, 1.807) is 17.0 Å². The zero-order valence-electron chi connectivity index (χ0n) is 13.8. The molecule has 2 N–H and O–H groups in total. The molecule has 0 fully saturated rings. The normalized spacial score (nSPS) is 11.8.